The predicted molar refractivity (Wildman–Crippen MR) is 60.7 cm³/mol. The lowest BCUT2D eigenvalue weighted by molar-refractivity contribution is 0.492. The maximum absolute atomic E-state index is 12.9. The Kier molecular flexibility index (Phi) is 4.72. The molecular formula is C12H19FN2. The Balaban J connectivity index is 2.81. The second-order valence-electron chi connectivity index (χ2n) is 3.86. The van der Waals surface area contributed by atoms with E-state index in [0.717, 1.165) is 30.4 Å². The summed E-state index contributed by atoms with van der Waals surface area (Å²) in [7, 11) is 0. The monoisotopic (exact) mass is 210 g/mol. The summed E-state index contributed by atoms with van der Waals surface area (Å²) < 4.78 is 12.9. The molecule has 1 rings (SSSR count). The smallest absolute Gasteiger partial charge is 0.123 e. The summed E-state index contributed by atoms with van der Waals surface area (Å²) in [5, 5.41) is 0. The minimum absolute atomic E-state index is 0.130. The highest BCUT2D eigenvalue weighted by Crippen LogP contribution is 2.22. The third kappa shape index (κ3) is 3.29. The molecule has 3 N–H and O–H groups in total. The number of nitrogens with two attached hydrogens (primary N) is 1. The van der Waals surface area contributed by atoms with E-state index in [1.54, 1.807) is 6.07 Å². The van der Waals surface area contributed by atoms with Gasteiger partial charge in [0, 0.05) is 6.04 Å². The van der Waals surface area contributed by atoms with Crippen molar-refractivity contribution in [1.82, 2.24) is 5.43 Å². The summed E-state index contributed by atoms with van der Waals surface area (Å²) >= 11 is 0. The molecular weight excluding hydrogens is 191 g/mol. The third-order valence-electron chi connectivity index (χ3n) is 2.65. The van der Waals surface area contributed by atoms with Crippen molar-refractivity contribution >= 4 is 0 Å². The zero-order valence-electron chi connectivity index (χ0n) is 9.39. The van der Waals surface area contributed by atoms with Gasteiger partial charge in [0.05, 0.1) is 0 Å². The van der Waals surface area contributed by atoms with E-state index >= 15 is 0 Å². The van der Waals surface area contributed by atoms with E-state index in [1.807, 2.05) is 13.0 Å². The standard InChI is InChI=1S/C12H19FN2/c1-3-4-5-12(15-14)11-7-6-10(13)8-9(11)2/h6-8,12,15H,3-5,14H2,1-2H3. The molecule has 84 valence electrons. The molecule has 0 heterocycles. The Morgan fingerprint density at radius 2 is 2.20 bits per heavy atom. The lowest BCUT2D eigenvalue weighted by Gasteiger charge is -2.18. The van der Waals surface area contributed by atoms with Crippen LogP contribution < -0.4 is 11.3 Å². The average Bonchev–Trinajstić information content (AvgIpc) is 2.21. The van der Waals surface area contributed by atoms with Crippen LogP contribution in [0.5, 0.6) is 0 Å². The van der Waals surface area contributed by atoms with Crippen molar-refractivity contribution in [2.45, 2.75) is 39.2 Å². The van der Waals surface area contributed by atoms with E-state index in [9.17, 15) is 4.39 Å². The topological polar surface area (TPSA) is 38.0 Å². The Labute approximate surface area is 90.6 Å². The largest absolute Gasteiger partial charge is 0.271 e. The van der Waals surface area contributed by atoms with Crippen molar-refractivity contribution in [3.05, 3.63) is 35.1 Å². The summed E-state index contributed by atoms with van der Waals surface area (Å²) in [5.41, 5.74) is 4.83. The molecule has 0 radical (unpaired) electrons. The van der Waals surface area contributed by atoms with Crippen LogP contribution in [0.25, 0.3) is 0 Å². The molecule has 0 saturated carbocycles. The third-order valence-corrected chi connectivity index (χ3v) is 2.65. The Bertz CT molecular complexity index is 312. The van der Waals surface area contributed by atoms with E-state index in [1.165, 1.54) is 6.07 Å². The van der Waals surface area contributed by atoms with E-state index in [2.05, 4.69) is 12.3 Å². The molecule has 0 fully saturated rings. The summed E-state index contributed by atoms with van der Waals surface area (Å²) in [5.74, 6) is 5.32. The van der Waals surface area contributed by atoms with E-state index in [0.29, 0.717) is 0 Å². The van der Waals surface area contributed by atoms with Gasteiger partial charge in [-0.1, -0.05) is 25.8 Å². The number of hydrogen-bond donors (Lipinski definition) is 2. The highest BCUT2D eigenvalue weighted by molar-refractivity contribution is 5.29. The first kappa shape index (κ1) is 12.1. The number of rotatable bonds is 5. The molecule has 0 aliphatic rings. The summed E-state index contributed by atoms with van der Waals surface area (Å²) in [6.45, 7) is 4.06. The van der Waals surface area contributed by atoms with E-state index in [4.69, 9.17) is 5.84 Å². The zero-order chi connectivity index (χ0) is 11.3. The highest BCUT2D eigenvalue weighted by Gasteiger charge is 2.11. The Morgan fingerprint density at radius 3 is 2.73 bits per heavy atom. The van der Waals surface area contributed by atoms with E-state index in [-0.39, 0.29) is 11.9 Å². The van der Waals surface area contributed by atoms with Gasteiger partial charge in [-0.2, -0.15) is 0 Å². The number of aryl methyl sites for hydroxylation is 1. The normalized spacial score (nSPS) is 12.8. The quantitative estimate of drug-likeness (QED) is 0.579. The summed E-state index contributed by atoms with van der Waals surface area (Å²) in [4.78, 5) is 0. The van der Waals surface area contributed by atoms with Crippen molar-refractivity contribution < 1.29 is 4.39 Å². The van der Waals surface area contributed by atoms with Gasteiger partial charge in [0.2, 0.25) is 0 Å². The van der Waals surface area contributed by atoms with Crippen LogP contribution in [0.4, 0.5) is 4.39 Å². The van der Waals surface area contributed by atoms with Crippen LogP contribution in [0.3, 0.4) is 0 Å². The molecule has 0 bridgehead atoms. The number of unbranched alkanes of at least 4 members (excludes halogenated alkanes) is 1. The first-order chi connectivity index (χ1) is 7.19. The minimum atomic E-state index is -0.192. The second-order valence-corrected chi connectivity index (χ2v) is 3.86. The molecule has 2 nitrogen and oxygen atoms in total. The van der Waals surface area contributed by atoms with Crippen LogP contribution in [0.1, 0.15) is 43.4 Å². The fourth-order valence-corrected chi connectivity index (χ4v) is 1.77. The maximum atomic E-state index is 12.9. The van der Waals surface area contributed by atoms with Crippen LogP contribution in [-0.2, 0) is 0 Å². The molecule has 15 heavy (non-hydrogen) atoms. The minimum Gasteiger partial charge on any atom is -0.271 e. The van der Waals surface area contributed by atoms with Crippen molar-refractivity contribution in [2.75, 3.05) is 0 Å². The van der Waals surface area contributed by atoms with Gasteiger partial charge < -0.3 is 0 Å². The molecule has 0 aliphatic heterocycles. The van der Waals surface area contributed by atoms with Gasteiger partial charge in [0.25, 0.3) is 0 Å². The van der Waals surface area contributed by atoms with Crippen LogP contribution in [0, 0.1) is 12.7 Å². The maximum Gasteiger partial charge on any atom is 0.123 e. The van der Waals surface area contributed by atoms with Gasteiger partial charge in [-0.3, -0.25) is 11.3 Å². The number of nitrogens with one attached hydrogen (secondary N) is 1. The van der Waals surface area contributed by atoms with Gasteiger partial charge in [-0.15, -0.1) is 0 Å². The molecule has 0 spiro atoms. The lowest BCUT2D eigenvalue weighted by atomic mass is 9.97. The molecule has 0 amide bonds. The van der Waals surface area contributed by atoms with Gasteiger partial charge >= 0.3 is 0 Å². The van der Waals surface area contributed by atoms with Gasteiger partial charge in [-0.25, -0.2) is 4.39 Å². The van der Waals surface area contributed by atoms with Crippen molar-refractivity contribution in [3.63, 3.8) is 0 Å². The second kappa shape index (κ2) is 5.83. The van der Waals surface area contributed by atoms with Crippen LogP contribution in [0.2, 0.25) is 0 Å². The van der Waals surface area contributed by atoms with Crippen molar-refractivity contribution in [1.29, 1.82) is 0 Å². The first-order valence-electron chi connectivity index (χ1n) is 5.41. The van der Waals surface area contributed by atoms with Gasteiger partial charge in [0.1, 0.15) is 5.82 Å². The Morgan fingerprint density at radius 1 is 1.47 bits per heavy atom. The van der Waals surface area contributed by atoms with Gasteiger partial charge in [-0.05, 0) is 36.6 Å². The van der Waals surface area contributed by atoms with E-state index < -0.39 is 0 Å². The summed E-state index contributed by atoms with van der Waals surface area (Å²) in [6.07, 6.45) is 3.24. The number of halogens is 1. The fraction of sp³-hybridized carbons (Fsp3) is 0.500. The molecule has 0 aromatic heterocycles. The highest BCUT2D eigenvalue weighted by atomic mass is 19.1. The molecule has 0 saturated heterocycles. The predicted octanol–water partition coefficient (Wildman–Crippen LogP) is 2.83. The Hall–Kier alpha value is -0.930. The van der Waals surface area contributed by atoms with Crippen molar-refractivity contribution in [2.24, 2.45) is 5.84 Å². The molecule has 1 unspecified atom stereocenters. The van der Waals surface area contributed by atoms with Gasteiger partial charge in [0.15, 0.2) is 0 Å². The van der Waals surface area contributed by atoms with Crippen molar-refractivity contribution in [3.8, 4) is 0 Å². The average molecular weight is 210 g/mol. The first-order valence-corrected chi connectivity index (χ1v) is 5.41. The summed E-state index contributed by atoms with van der Waals surface area (Å²) in [6, 6.07) is 4.97. The fourth-order valence-electron chi connectivity index (χ4n) is 1.77. The van der Waals surface area contributed by atoms with Crippen LogP contribution in [0.15, 0.2) is 18.2 Å². The van der Waals surface area contributed by atoms with Crippen LogP contribution in [-0.4, -0.2) is 0 Å². The SMILES string of the molecule is CCCCC(NN)c1ccc(F)cc1C. The number of benzene rings is 1. The zero-order valence-corrected chi connectivity index (χ0v) is 9.39. The number of hydrazine groups is 1. The lowest BCUT2D eigenvalue weighted by Crippen LogP contribution is -2.28. The molecule has 0 aliphatic carbocycles. The molecule has 1 aromatic carbocycles. The number of hydrogen-bond acceptors (Lipinski definition) is 2. The van der Waals surface area contributed by atoms with Crippen LogP contribution >= 0.6 is 0 Å². The molecule has 3 heteroatoms. The molecule has 1 atom stereocenters. The molecule has 1 aromatic rings.